The fourth-order valence-electron chi connectivity index (χ4n) is 3.90. The minimum absolute atomic E-state index is 0.271. The van der Waals surface area contributed by atoms with Gasteiger partial charge in [0, 0.05) is 13.0 Å². The molecule has 1 heterocycles. The molecule has 4 nitrogen and oxygen atoms in total. The molecule has 32 heavy (non-hydrogen) atoms. The number of alkyl halides is 3. The first-order valence-electron chi connectivity index (χ1n) is 11.4. The lowest BCUT2D eigenvalue weighted by Gasteiger charge is -2.26. The summed E-state index contributed by atoms with van der Waals surface area (Å²) in [7, 11) is 1.86. The van der Waals surface area contributed by atoms with Gasteiger partial charge in [0.2, 0.25) is 0 Å². The Balaban J connectivity index is 1.53. The third-order valence-electron chi connectivity index (χ3n) is 5.70. The van der Waals surface area contributed by atoms with E-state index in [1.54, 1.807) is 0 Å². The summed E-state index contributed by atoms with van der Waals surface area (Å²) in [4.78, 5) is 2.50. The van der Waals surface area contributed by atoms with E-state index in [0.717, 1.165) is 43.0 Å². The number of hydrogen-bond donors (Lipinski definition) is 1. The summed E-state index contributed by atoms with van der Waals surface area (Å²) in [5.74, 6) is 1.23. The number of nitrogens with one attached hydrogen (secondary N) is 1. The Morgan fingerprint density at radius 3 is 2.22 bits per heavy atom. The third kappa shape index (κ3) is 7.71. The highest BCUT2D eigenvalue weighted by atomic mass is 19.4. The van der Waals surface area contributed by atoms with Crippen LogP contribution in [0.25, 0.3) is 0 Å². The maximum Gasteiger partial charge on any atom is 0.416 e. The van der Waals surface area contributed by atoms with Gasteiger partial charge in [-0.15, -0.1) is 0 Å². The van der Waals surface area contributed by atoms with Crippen LogP contribution in [-0.4, -0.2) is 44.7 Å². The average Bonchev–Trinajstić information content (AvgIpc) is 2.80. The van der Waals surface area contributed by atoms with Crippen molar-refractivity contribution < 1.29 is 22.6 Å². The van der Waals surface area contributed by atoms with E-state index in [1.807, 2.05) is 31.3 Å². The predicted octanol–water partition coefficient (Wildman–Crippen LogP) is 5.69. The van der Waals surface area contributed by atoms with Gasteiger partial charge in [-0.3, -0.25) is 0 Å². The molecule has 0 bridgehead atoms. The van der Waals surface area contributed by atoms with E-state index in [1.165, 1.54) is 44.5 Å². The average molecular weight is 451 g/mol. The van der Waals surface area contributed by atoms with Gasteiger partial charge in [-0.05, 0) is 87.9 Å². The summed E-state index contributed by atoms with van der Waals surface area (Å²) >= 11 is 0. The molecule has 0 saturated carbocycles. The molecule has 1 fully saturated rings. The Kier molecular flexibility index (Phi) is 9.23. The van der Waals surface area contributed by atoms with E-state index in [2.05, 4.69) is 10.2 Å². The number of piperidine rings is 1. The van der Waals surface area contributed by atoms with E-state index in [4.69, 9.17) is 9.47 Å². The Morgan fingerprint density at radius 1 is 0.938 bits per heavy atom. The minimum atomic E-state index is -4.35. The molecule has 176 valence electrons. The lowest BCUT2D eigenvalue weighted by Crippen LogP contribution is -2.31. The lowest BCUT2D eigenvalue weighted by atomic mass is 10.1. The van der Waals surface area contributed by atoms with Gasteiger partial charge in [0.25, 0.3) is 0 Å². The molecule has 1 aliphatic heterocycles. The topological polar surface area (TPSA) is 33.7 Å². The number of nitrogens with zero attached hydrogens (tertiary/aromatic N) is 1. The molecule has 7 heteroatoms. The number of halogens is 3. The van der Waals surface area contributed by atoms with Crippen molar-refractivity contribution in [3.05, 3.63) is 59.7 Å². The summed E-state index contributed by atoms with van der Waals surface area (Å²) in [5, 5.41) is 3.10. The molecule has 0 spiro atoms. The van der Waals surface area contributed by atoms with Crippen LogP contribution in [0, 0.1) is 0 Å². The molecule has 0 aliphatic carbocycles. The zero-order valence-electron chi connectivity index (χ0n) is 18.7. The summed E-state index contributed by atoms with van der Waals surface area (Å²) in [6.07, 6.45) is 1.01. The summed E-state index contributed by atoms with van der Waals surface area (Å²) in [6, 6.07) is 12.6. The zero-order chi connectivity index (χ0) is 22.8. The van der Waals surface area contributed by atoms with Crippen molar-refractivity contribution in [1.82, 2.24) is 10.2 Å². The van der Waals surface area contributed by atoms with Gasteiger partial charge in [0.05, 0.1) is 12.2 Å². The molecular formula is C25H33F3N2O2. The maximum absolute atomic E-state index is 12.8. The first kappa shape index (κ1) is 24.4. The van der Waals surface area contributed by atoms with Crippen molar-refractivity contribution in [2.45, 2.75) is 44.4 Å². The van der Waals surface area contributed by atoms with Gasteiger partial charge in [0.15, 0.2) is 0 Å². The van der Waals surface area contributed by atoms with Gasteiger partial charge < -0.3 is 19.7 Å². The first-order valence-corrected chi connectivity index (χ1v) is 11.4. The van der Waals surface area contributed by atoms with Crippen molar-refractivity contribution in [1.29, 1.82) is 0 Å². The highest BCUT2D eigenvalue weighted by Gasteiger charge is 2.30. The summed E-state index contributed by atoms with van der Waals surface area (Å²) in [5.41, 5.74) is 0.277. The molecule has 3 rings (SSSR count). The second kappa shape index (κ2) is 12.1. The molecule has 1 unspecified atom stereocenters. The smallest absolute Gasteiger partial charge is 0.416 e. The molecule has 2 aromatic rings. The second-order valence-electron chi connectivity index (χ2n) is 8.19. The van der Waals surface area contributed by atoms with Crippen LogP contribution in [0.1, 0.15) is 49.3 Å². The van der Waals surface area contributed by atoms with Crippen molar-refractivity contribution in [3.63, 3.8) is 0 Å². The fraction of sp³-hybridized carbons (Fsp3) is 0.520. The standard InChI is InChI=1S/C25H33F3N2O2/c1-29-15-14-24(32-23-12-8-21(9-13-23)25(26,27)28)20-6-10-22(11-7-20)31-19-5-18-30-16-3-2-4-17-30/h6-13,24,29H,2-5,14-19H2,1H3. The van der Waals surface area contributed by atoms with Gasteiger partial charge in [0.1, 0.15) is 17.6 Å². The van der Waals surface area contributed by atoms with Crippen LogP contribution >= 0.6 is 0 Å². The Morgan fingerprint density at radius 2 is 1.59 bits per heavy atom. The van der Waals surface area contributed by atoms with E-state index >= 15 is 0 Å². The van der Waals surface area contributed by atoms with Crippen molar-refractivity contribution in [2.75, 3.05) is 39.8 Å². The lowest BCUT2D eigenvalue weighted by molar-refractivity contribution is -0.137. The van der Waals surface area contributed by atoms with Crippen LogP contribution in [0.15, 0.2) is 48.5 Å². The normalized spacial score (nSPS) is 16.0. The fourth-order valence-corrected chi connectivity index (χ4v) is 3.90. The molecule has 1 N–H and O–H groups in total. The number of rotatable bonds is 11. The highest BCUT2D eigenvalue weighted by Crippen LogP contribution is 2.32. The molecule has 0 aromatic heterocycles. The van der Waals surface area contributed by atoms with E-state index < -0.39 is 11.7 Å². The monoisotopic (exact) mass is 450 g/mol. The third-order valence-corrected chi connectivity index (χ3v) is 5.70. The van der Waals surface area contributed by atoms with Crippen LogP contribution < -0.4 is 14.8 Å². The quantitative estimate of drug-likeness (QED) is 0.446. The van der Waals surface area contributed by atoms with E-state index in [0.29, 0.717) is 18.8 Å². The predicted molar refractivity (Wildman–Crippen MR) is 120 cm³/mol. The van der Waals surface area contributed by atoms with E-state index in [9.17, 15) is 13.2 Å². The Bertz CT molecular complexity index is 788. The second-order valence-corrected chi connectivity index (χ2v) is 8.19. The summed E-state index contributed by atoms with van der Waals surface area (Å²) in [6.45, 7) is 4.87. The number of ether oxygens (including phenoxy) is 2. The van der Waals surface area contributed by atoms with Gasteiger partial charge in [-0.1, -0.05) is 18.6 Å². The molecule has 2 aromatic carbocycles. The molecule has 1 atom stereocenters. The SMILES string of the molecule is CNCCC(Oc1ccc(C(F)(F)F)cc1)c1ccc(OCCCN2CCCCC2)cc1. The molecule has 0 radical (unpaired) electrons. The molecule has 1 saturated heterocycles. The van der Waals surface area contributed by atoms with Crippen LogP contribution in [0.3, 0.4) is 0 Å². The van der Waals surface area contributed by atoms with Gasteiger partial charge >= 0.3 is 6.18 Å². The molecule has 0 amide bonds. The number of hydrogen-bond acceptors (Lipinski definition) is 4. The van der Waals surface area contributed by atoms with Crippen LogP contribution in [-0.2, 0) is 6.18 Å². The van der Waals surface area contributed by atoms with Crippen molar-refractivity contribution in [2.24, 2.45) is 0 Å². The minimum Gasteiger partial charge on any atom is -0.494 e. The highest BCUT2D eigenvalue weighted by molar-refractivity contribution is 5.32. The Hall–Kier alpha value is -2.25. The summed E-state index contributed by atoms with van der Waals surface area (Å²) < 4.78 is 50.3. The number of benzene rings is 2. The van der Waals surface area contributed by atoms with Crippen LogP contribution in [0.5, 0.6) is 11.5 Å². The zero-order valence-corrected chi connectivity index (χ0v) is 18.7. The molecule has 1 aliphatic rings. The largest absolute Gasteiger partial charge is 0.494 e. The molecular weight excluding hydrogens is 417 g/mol. The van der Waals surface area contributed by atoms with Crippen LogP contribution in [0.4, 0.5) is 13.2 Å². The first-order chi connectivity index (χ1) is 15.5. The maximum atomic E-state index is 12.8. The van der Waals surface area contributed by atoms with E-state index in [-0.39, 0.29) is 6.10 Å². The van der Waals surface area contributed by atoms with Crippen molar-refractivity contribution in [3.8, 4) is 11.5 Å². The van der Waals surface area contributed by atoms with Crippen LogP contribution in [0.2, 0.25) is 0 Å². The number of likely N-dealkylation sites (tertiary alicyclic amines) is 1. The van der Waals surface area contributed by atoms with Crippen molar-refractivity contribution >= 4 is 0 Å². The van der Waals surface area contributed by atoms with Gasteiger partial charge in [-0.2, -0.15) is 13.2 Å². The Labute approximate surface area is 188 Å². The van der Waals surface area contributed by atoms with Gasteiger partial charge in [-0.25, -0.2) is 0 Å².